The van der Waals surface area contributed by atoms with Crippen LogP contribution in [0.4, 0.5) is 0 Å². The number of carbonyl (C=O) groups excluding carboxylic acids is 1. The molecule has 6 nitrogen and oxygen atoms in total. The van der Waals surface area contributed by atoms with E-state index >= 15 is 0 Å². The molecule has 140 valence electrons. The fourth-order valence-electron chi connectivity index (χ4n) is 2.99. The van der Waals surface area contributed by atoms with Crippen LogP contribution < -0.4 is 10.5 Å². The molecule has 1 unspecified atom stereocenters. The Balaban J connectivity index is 1.67. The molecule has 1 atom stereocenters. The number of rotatable bonds is 6. The Morgan fingerprint density at radius 2 is 2.04 bits per heavy atom. The van der Waals surface area contributed by atoms with Gasteiger partial charge in [0, 0.05) is 30.1 Å². The van der Waals surface area contributed by atoms with E-state index in [0.29, 0.717) is 25.2 Å². The second-order valence-electron chi connectivity index (χ2n) is 6.92. The molecule has 0 radical (unpaired) electrons. The van der Waals surface area contributed by atoms with Crippen molar-refractivity contribution < 1.29 is 13.2 Å². The highest BCUT2D eigenvalue weighted by molar-refractivity contribution is 7.89. The number of nitrogens with one attached hydrogen (secondary N) is 1. The fraction of sp³-hybridized carbons (Fsp3) is 0.389. The highest BCUT2D eigenvalue weighted by Crippen LogP contribution is 2.29. The molecule has 26 heavy (non-hydrogen) atoms. The van der Waals surface area contributed by atoms with Crippen molar-refractivity contribution >= 4 is 27.3 Å². The van der Waals surface area contributed by atoms with Crippen LogP contribution in [0.3, 0.4) is 0 Å². The van der Waals surface area contributed by atoms with Crippen LogP contribution >= 0.6 is 11.3 Å². The average molecular weight is 394 g/mol. The lowest BCUT2D eigenvalue weighted by atomic mass is 9.90. The van der Waals surface area contributed by atoms with E-state index in [-0.39, 0.29) is 22.8 Å². The smallest absolute Gasteiger partial charge is 0.253 e. The summed E-state index contributed by atoms with van der Waals surface area (Å²) in [4.78, 5) is 15.5. The summed E-state index contributed by atoms with van der Waals surface area (Å²) in [5, 5.41) is 1.90. The van der Waals surface area contributed by atoms with E-state index in [1.807, 2.05) is 17.5 Å². The topological polar surface area (TPSA) is 92.5 Å². The molecule has 1 aliphatic heterocycles. The fourth-order valence-corrected chi connectivity index (χ4v) is 4.73. The number of nitrogens with zero attached hydrogens (tertiary/aromatic N) is 1. The highest BCUT2D eigenvalue weighted by Gasteiger charge is 2.35. The van der Waals surface area contributed by atoms with Crippen LogP contribution in [-0.4, -0.2) is 38.9 Å². The molecule has 1 amide bonds. The molecule has 1 aromatic carbocycles. The Bertz CT molecular complexity index is 864. The molecule has 3 rings (SSSR count). The van der Waals surface area contributed by atoms with E-state index in [1.165, 1.54) is 23.5 Å². The Labute approximate surface area is 158 Å². The molecule has 2 heterocycles. The molecule has 8 heteroatoms. The van der Waals surface area contributed by atoms with Crippen molar-refractivity contribution in [1.29, 1.82) is 0 Å². The van der Waals surface area contributed by atoms with Gasteiger partial charge >= 0.3 is 0 Å². The van der Waals surface area contributed by atoms with Crippen molar-refractivity contribution in [2.75, 3.05) is 19.6 Å². The van der Waals surface area contributed by atoms with Gasteiger partial charge in [-0.15, -0.1) is 11.3 Å². The van der Waals surface area contributed by atoms with Gasteiger partial charge in [-0.2, -0.15) is 0 Å². The monoisotopic (exact) mass is 393 g/mol. The maximum atomic E-state index is 12.6. The maximum absolute atomic E-state index is 12.6. The van der Waals surface area contributed by atoms with Gasteiger partial charge in [0.15, 0.2) is 0 Å². The van der Waals surface area contributed by atoms with Gasteiger partial charge in [0.1, 0.15) is 0 Å². The number of nitrogens with two attached hydrogens (primary N) is 1. The zero-order chi connectivity index (χ0) is 18.8. The summed E-state index contributed by atoms with van der Waals surface area (Å²) >= 11 is 1.49. The summed E-state index contributed by atoms with van der Waals surface area (Å²) in [5.74, 6) is -0.0855. The molecule has 1 saturated heterocycles. The summed E-state index contributed by atoms with van der Waals surface area (Å²) in [6.07, 6.45) is 0.883. The summed E-state index contributed by atoms with van der Waals surface area (Å²) in [7, 11) is -3.61. The lowest BCUT2D eigenvalue weighted by Gasteiger charge is -2.22. The van der Waals surface area contributed by atoms with Crippen molar-refractivity contribution in [2.45, 2.75) is 24.8 Å². The molecule has 0 bridgehead atoms. The van der Waals surface area contributed by atoms with Gasteiger partial charge in [0.25, 0.3) is 5.91 Å². The minimum absolute atomic E-state index is 0.0371. The minimum atomic E-state index is -3.61. The first-order valence-electron chi connectivity index (χ1n) is 8.44. The van der Waals surface area contributed by atoms with E-state index in [0.717, 1.165) is 11.3 Å². The summed E-state index contributed by atoms with van der Waals surface area (Å²) in [6, 6.07) is 9.84. The van der Waals surface area contributed by atoms with Crippen LogP contribution in [0.25, 0.3) is 0 Å². The zero-order valence-electron chi connectivity index (χ0n) is 14.6. The lowest BCUT2D eigenvalue weighted by Crippen LogP contribution is -2.34. The number of sulfonamides is 1. The van der Waals surface area contributed by atoms with Crippen LogP contribution in [0.15, 0.2) is 46.7 Å². The normalized spacial score (nSPS) is 20.5. The second-order valence-corrected chi connectivity index (χ2v) is 9.72. The summed E-state index contributed by atoms with van der Waals surface area (Å²) in [6.45, 7) is 4.19. The van der Waals surface area contributed by atoms with Gasteiger partial charge in [0.05, 0.1) is 4.90 Å². The zero-order valence-corrected chi connectivity index (χ0v) is 16.3. The van der Waals surface area contributed by atoms with E-state index in [9.17, 15) is 13.2 Å². The van der Waals surface area contributed by atoms with Crippen LogP contribution in [0, 0.1) is 5.41 Å². The lowest BCUT2D eigenvalue weighted by molar-refractivity contribution is 0.0777. The number of likely N-dealkylation sites (tertiary alicyclic amines) is 1. The van der Waals surface area contributed by atoms with Gasteiger partial charge in [0.2, 0.25) is 10.0 Å². The van der Waals surface area contributed by atoms with E-state index in [4.69, 9.17) is 5.73 Å². The highest BCUT2D eigenvalue weighted by atomic mass is 32.2. The SMILES string of the molecule is CC1(CN)CCN(C(=O)c2ccc(S(=O)(=O)NCc3cccs3)cc2)C1. The van der Waals surface area contributed by atoms with Crippen molar-refractivity contribution in [1.82, 2.24) is 9.62 Å². The standard InChI is InChI=1S/C18H23N3O3S2/c1-18(12-19)8-9-21(13-18)17(22)14-4-6-16(7-5-14)26(23,24)20-11-15-3-2-10-25-15/h2-7,10,20H,8-9,11-13,19H2,1H3. The first-order valence-corrected chi connectivity index (χ1v) is 10.8. The third-order valence-corrected chi connectivity index (χ3v) is 7.06. The van der Waals surface area contributed by atoms with Crippen LogP contribution in [0.2, 0.25) is 0 Å². The molecule has 1 aromatic heterocycles. The summed E-state index contributed by atoms with van der Waals surface area (Å²) < 4.78 is 27.3. The van der Waals surface area contributed by atoms with E-state index in [1.54, 1.807) is 17.0 Å². The van der Waals surface area contributed by atoms with Gasteiger partial charge in [-0.1, -0.05) is 13.0 Å². The third-order valence-electron chi connectivity index (χ3n) is 4.77. The molecule has 2 aromatic rings. The molecular weight excluding hydrogens is 370 g/mol. The van der Waals surface area contributed by atoms with Crippen LogP contribution in [-0.2, 0) is 16.6 Å². The predicted molar refractivity (Wildman–Crippen MR) is 102 cm³/mol. The van der Waals surface area contributed by atoms with Crippen molar-refractivity contribution in [3.63, 3.8) is 0 Å². The van der Waals surface area contributed by atoms with Crippen LogP contribution in [0.5, 0.6) is 0 Å². The molecule has 1 fully saturated rings. The van der Waals surface area contributed by atoms with Gasteiger partial charge in [-0.25, -0.2) is 13.1 Å². The minimum Gasteiger partial charge on any atom is -0.338 e. The first-order chi connectivity index (χ1) is 12.3. The van der Waals surface area contributed by atoms with Crippen molar-refractivity contribution in [3.05, 3.63) is 52.2 Å². The number of hydrogen-bond acceptors (Lipinski definition) is 5. The quantitative estimate of drug-likeness (QED) is 0.785. The number of amides is 1. The first kappa shape index (κ1) is 19.0. The molecular formula is C18H23N3O3S2. The van der Waals surface area contributed by atoms with Crippen LogP contribution in [0.1, 0.15) is 28.6 Å². The Morgan fingerprint density at radius 3 is 2.62 bits per heavy atom. The van der Waals surface area contributed by atoms with Crippen molar-refractivity contribution in [3.8, 4) is 0 Å². The molecule has 0 spiro atoms. The van der Waals surface area contributed by atoms with Gasteiger partial charge in [-0.05, 0) is 54.1 Å². The predicted octanol–water partition coefficient (Wildman–Crippen LogP) is 2.04. The third kappa shape index (κ3) is 4.15. The molecule has 1 aliphatic rings. The number of hydrogen-bond donors (Lipinski definition) is 2. The van der Waals surface area contributed by atoms with E-state index < -0.39 is 10.0 Å². The molecule has 0 aliphatic carbocycles. The van der Waals surface area contributed by atoms with Gasteiger partial charge in [-0.3, -0.25) is 4.79 Å². The van der Waals surface area contributed by atoms with E-state index in [2.05, 4.69) is 11.6 Å². The Kier molecular flexibility index (Phi) is 5.47. The van der Waals surface area contributed by atoms with Gasteiger partial charge < -0.3 is 10.6 Å². The Morgan fingerprint density at radius 1 is 1.31 bits per heavy atom. The second kappa shape index (κ2) is 7.48. The summed E-state index contributed by atoms with van der Waals surface area (Å²) in [5.41, 5.74) is 6.24. The number of thiophene rings is 1. The Hall–Kier alpha value is -1.74. The average Bonchev–Trinajstić information content (AvgIpc) is 3.30. The van der Waals surface area contributed by atoms with Crippen molar-refractivity contribution in [2.24, 2.45) is 11.1 Å². The number of benzene rings is 1. The largest absolute Gasteiger partial charge is 0.338 e. The molecule has 0 saturated carbocycles. The molecule has 3 N–H and O–H groups in total. The number of carbonyl (C=O) groups is 1. The maximum Gasteiger partial charge on any atom is 0.253 e.